The molecule has 1 aliphatic heterocycles. The lowest BCUT2D eigenvalue weighted by Gasteiger charge is -2.23. The molecule has 5 rings (SSSR count). The maximum atomic E-state index is 6.54. The van der Waals surface area contributed by atoms with E-state index >= 15 is 0 Å². The number of nitrogens with two attached hydrogens (primary N) is 1. The number of nitrogen functional groups attached to an aromatic ring is 1. The van der Waals surface area contributed by atoms with Crippen LogP contribution in [0, 0.1) is 0 Å². The number of aromatic nitrogens is 4. The molecule has 1 aliphatic rings. The molecule has 1 unspecified atom stereocenters. The van der Waals surface area contributed by atoms with Crippen molar-refractivity contribution in [3.8, 4) is 22.8 Å². The average Bonchev–Trinajstić information content (AvgIpc) is 3.18. The highest BCUT2D eigenvalue weighted by molar-refractivity contribution is 6.32. The molecule has 152 valence electrons. The number of nitrogens with zero attached hydrogens (tertiary/aromatic N) is 4. The van der Waals surface area contributed by atoms with Gasteiger partial charge in [0.1, 0.15) is 29.3 Å². The number of piperidine rings is 1. The monoisotopic (exact) mass is 420 g/mol. The molecule has 8 heteroatoms. The summed E-state index contributed by atoms with van der Waals surface area (Å²) in [6.45, 7) is 1.88. The van der Waals surface area contributed by atoms with Crippen LogP contribution in [0.15, 0.2) is 54.9 Å². The number of para-hydroxylation sites is 1. The molecule has 3 N–H and O–H groups in total. The van der Waals surface area contributed by atoms with Gasteiger partial charge in [-0.3, -0.25) is 0 Å². The number of anilines is 1. The average molecular weight is 421 g/mol. The standard InChI is InChI=1S/C22H21ClN6O/c23-17-11-14(8-9-18(17)30-16-6-2-1-3-7-16)20-19-21(24)26-13-27-22(19)29(28-20)15-5-4-10-25-12-15/h1-3,6-9,11,13,15,25H,4-5,10,12H2,(H2,24,26,27). The van der Waals surface area contributed by atoms with Gasteiger partial charge in [0.25, 0.3) is 0 Å². The number of nitrogens with one attached hydrogen (secondary N) is 1. The molecule has 0 amide bonds. The molecule has 1 atom stereocenters. The Balaban J connectivity index is 1.56. The summed E-state index contributed by atoms with van der Waals surface area (Å²) < 4.78 is 7.87. The van der Waals surface area contributed by atoms with Crippen molar-refractivity contribution in [1.29, 1.82) is 0 Å². The third kappa shape index (κ3) is 3.46. The zero-order valence-electron chi connectivity index (χ0n) is 16.3. The second-order valence-electron chi connectivity index (χ2n) is 7.31. The van der Waals surface area contributed by atoms with Crippen molar-refractivity contribution in [2.45, 2.75) is 18.9 Å². The summed E-state index contributed by atoms with van der Waals surface area (Å²) >= 11 is 6.54. The fourth-order valence-electron chi connectivity index (χ4n) is 3.84. The second kappa shape index (κ2) is 7.93. The van der Waals surface area contributed by atoms with E-state index in [9.17, 15) is 0 Å². The molecule has 0 saturated carbocycles. The Morgan fingerprint density at radius 1 is 1.13 bits per heavy atom. The van der Waals surface area contributed by atoms with E-state index in [1.165, 1.54) is 6.33 Å². The third-order valence-corrected chi connectivity index (χ3v) is 5.61. The molecule has 1 saturated heterocycles. The van der Waals surface area contributed by atoms with Crippen LogP contribution in [0.4, 0.5) is 5.82 Å². The van der Waals surface area contributed by atoms with Crippen LogP contribution in [0.2, 0.25) is 5.02 Å². The van der Waals surface area contributed by atoms with Crippen LogP contribution in [-0.4, -0.2) is 32.8 Å². The van der Waals surface area contributed by atoms with Crippen molar-refractivity contribution in [1.82, 2.24) is 25.1 Å². The zero-order chi connectivity index (χ0) is 20.5. The quantitative estimate of drug-likeness (QED) is 0.507. The highest BCUT2D eigenvalue weighted by Gasteiger charge is 2.24. The van der Waals surface area contributed by atoms with Gasteiger partial charge in [-0.05, 0) is 49.7 Å². The van der Waals surface area contributed by atoms with Crippen molar-refractivity contribution in [3.63, 3.8) is 0 Å². The van der Waals surface area contributed by atoms with E-state index in [0.717, 1.165) is 54.0 Å². The first-order chi connectivity index (χ1) is 14.7. The maximum absolute atomic E-state index is 6.54. The summed E-state index contributed by atoms with van der Waals surface area (Å²) in [4.78, 5) is 8.67. The van der Waals surface area contributed by atoms with Crippen LogP contribution in [0.1, 0.15) is 18.9 Å². The largest absolute Gasteiger partial charge is 0.456 e. The minimum absolute atomic E-state index is 0.223. The number of benzene rings is 2. The van der Waals surface area contributed by atoms with Crippen LogP contribution in [0.25, 0.3) is 22.3 Å². The summed E-state index contributed by atoms with van der Waals surface area (Å²) in [7, 11) is 0. The van der Waals surface area contributed by atoms with Gasteiger partial charge < -0.3 is 15.8 Å². The first kappa shape index (κ1) is 18.8. The molecule has 0 spiro atoms. The fourth-order valence-corrected chi connectivity index (χ4v) is 4.06. The summed E-state index contributed by atoms with van der Waals surface area (Å²) in [6.07, 6.45) is 3.62. The summed E-state index contributed by atoms with van der Waals surface area (Å²) in [5.74, 6) is 1.71. The number of hydrogen-bond acceptors (Lipinski definition) is 6. The molecule has 3 heterocycles. The van der Waals surface area contributed by atoms with E-state index < -0.39 is 0 Å². The molecule has 2 aromatic carbocycles. The van der Waals surface area contributed by atoms with Gasteiger partial charge in [0.15, 0.2) is 5.65 Å². The minimum atomic E-state index is 0.223. The second-order valence-corrected chi connectivity index (χ2v) is 7.72. The third-order valence-electron chi connectivity index (χ3n) is 5.31. The van der Waals surface area contributed by atoms with E-state index in [-0.39, 0.29) is 6.04 Å². The van der Waals surface area contributed by atoms with E-state index in [1.807, 2.05) is 53.2 Å². The fraction of sp³-hybridized carbons (Fsp3) is 0.227. The minimum Gasteiger partial charge on any atom is -0.456 e. The molecule has 1 fully saturated rings. The molecular formula is C22H21ClN6O. The van der Waals surface area contributed by atoms with Crippen molar-refractivity contribution < 1.29 is 4.74 Å². The van der Waals surface area contributed by atoms with Gasteiger partial charge in [-0.25, -0.2) is 14.6 Å². The smallest absolute Gasteiger partial charge is 0.164 e. The Kier molecular flexibility index (Phi) is 4.98. The number of hydrogen-bond donors (Lipinski definition) is 2. The van der Waals surface area contributed by atoms with Gasteiger partial charge in [0.2, 0.25) is 0 Å². The number of ether oxygens (including phenoxy) is 1. The summed E-state index contributed by atoms with van der Waals surface area (Å²) in [5.41, 5.74) is 8.54. The molecule has 0 bridgehead atoms. The van der Waals surface area contributed by atoms with Crippen LogP contribution in [0.5, 0.6) is 11.5 Å². The van der Waals surface area contributed by atoms with Gasteiger partial charge in [-0.1, -0.05) is 29.8 Å². The predicted octanol–water partition coefficient (Wildman–Crippen LogP) is 4.45. The molecule has 0 radical (unpaired) electrons. The Morgan fingerprint density at radius 3 is 2.77 bits per heavy atom. The highest BCUT2D eigenvalue weighted by atomic mass is 35.5. The molecule has 7 nitrogen and oxygen atoms in total. The van der Waals surface area contributed by atoms with Gasteiger partial charge in [-0.2, -0.15) is 5.10 Å². The summed E-state index contributed by atoms with van der Waals surface area (Å²) in [5, 5.41) is 9.56. The van der Waals surface area contributed by atoms with Gasteiger partial charge in [-0.15, -0.1) is 0 Å². The van der Waals surface area contributed by atoms with Gasteiger partial charge in [0, 0.05) is 12.1 Å². The number of rotatable bonds is 4. The Morgan fingerprint density at radius 2 is 2.00 bits per heavy atom. The Bertz CT molecular complexity index is 1190. The van der Waals surface area contributed by atoms with E-state index in [4.69, 9.17) is 27.2 Å². The van der Waals surface area contributed by atoms with Crippen LogP contribution < -0.4 is 15.8 Å². The maximum Gasteiger partial charge on any atom is 0.164 e. The topological polar surface area (TPSA) is 90.9 Å². The molecule has 30 heavy (non-hydrogen) atoms. The summed E-state index contributed by atoms with van der Waals surface area (Å²) in [6, 6.07) is 15.4. The van der Waals surface area contributed by atoms with Crippen LogP contribution >= 0.6 is 11.6 Å². The van der Waals surface area contributed by atoms with Gasteiger partial charge in [0.05, 0.1) is 16.5 Å². The predicted molar refractivity (Wildman–Crippen MR) is 118 cm³/mol. The van der Waals surface area contributed by atoms with E-state index in [0.29, 0.717) is 16.6 Å². The Labute approximate surface area is 178 Å². The SMILES string of the molecule is Nc1ncnc2c1c(-c1ccc(Oc3ccccc3)c(Cl)c1)nn2C1CCCNC1. The van der Waals surface area contributed by atoms with Crippen LogP contribution in [0.3, 0.4) is 0 Å². The first-order valence-electron chi connectivity index (χ1n) is 9.93. The lowest BCUT2D eigenvalue weighted by molar-refractivity contribution is 0.354. The highest BCUT2D eigenvalue weighted by Crippen LogP contribution is 2.37. The van der Waals surface area contributed by atoms with E-state index in [1.54, 1.807) is 0 Å². The lowest BCUT2D eigenvalue weighted by Crippen LogP contribution is -2.32. The number of halogens is 1. The molecule has 4 aromatic rings. The molecule has 0 aliphatic carbocycles. The Hall–Kier alpha value is -3.16. The van der Waals surface area contributed by atoms with E-state index in [2.05, 4.69) is 15.3 Å². The molecular weight excluding hydrogens is 400 g/mol. The van der Waals surface area contributed by atoms with Crippen molar-refractivity contribution in [2.75, 3.05) is 18.8 Å². The van der Waals surface area contributed by atoms with Crippen molar-refractivity contribution in [3.05, 3.63) is 59.9 Å². The lowest BCUT2D eigenvalue weighted by atomic mass is 10.1. The van der Waals surface area contributed by atoms with Crippen molar-refractivity contribution in [2.24, 2.45) is 0 Å². The van der Waals surface area contributed by atoms with Gasteiger partial charge >= 0.3 is 0 Å². The first-order valence-corrected chi connectivity index (χ1v) is 10.3. The normalized spacial score (nSPS) is 16.6. The van der Waals surface area contributed by atoms with Crippen molar-refractivity contribution >= 4 is 28.5 Å². The van der Waals surface area contributed by atoms with Crippen LogP contribution in [-0.2, 0) is 0 Å². The number of fused-ring (bicyclic) bond motifs is 1. The molecule has 2 aromatic heterocycles. The zero-order valence-corrected chi connectivity index (χ0v) is 17.0.